The molecular formula is C10H9N3O3. The molecule has 6 nitrogen and oxygen atoms in total. The second-order valence-corrected chi connectivity index (χ2v) is 3.09. The van der Waals surface area contributed by atoms with E-state index in [1.807, 2.05) is 0 Å². The Morgan fingerprint density at radius 2 is 2.31 bits per heavy atom. The first kappa shape index (κ1) is 10.0. The summed E-state index contributed by atoms with van der Waals surface area (Å²) in [7, 11) is 0. The van der Waals surface area contributed by atoms with E-state index in [4.69, 9.17) is 10.5 Å². The van der Waals surface area contributed by atoms with Crippen LogP contribution in [-0.2, 0) is 0 Å². The van der Waals surface area contributed by atoms with Gasteiger partial charge in [0, 0.05) is 6.07 Å². The van der Waals surface area contributed by atoms with Crippen molar-refractivity contribution in [2.75, 3.05) is 5.73 Å². The Morgan fingerprint density at radius 1 is 1.50 bits per heavy atom. The molecule has 16 heavy (non-hydrogen) atoms. The molecule has 0 aliphatic carbocycles. The van der Waals surface area contributed by atoms with Crippen molar-refractivity contribution in [1.29, 1.82) is 0 Å². The fourth-order valence-corrected chi connectivity index (χ4v) is 1.16. The van der Waals surface area contributed by atoms with Crippen LogP contribution in [0.1, 0.15) is 10.5 Å². The van der Waals surface area contributed by atoms with E-state index in [-0.39, 0.29) is 22.9 Å². The molecule has 0 saturated carbocycles. The standard InChI is InChI=1S/C10H9N3O3/c11-8-5-12-13-9(8)10(15)16-7-3-1-2-6(14)4-7/h1-5,14H,11H2,(H,12,13). The summed E-state index contributed by atoms with van der Waals surface area (Å²) in [5.41, 5.74) is 5.78. The zero-order valence-electron chi connectivity index (χ0n) is 8.18. The predicted molar refractivity (Wildman–Crippen MR) is 56.1 cm³/mol. The van der Waals surface area contributed by atoms with Crippen molar-refractivity contribution in [3.8, 4) is 11.5 Å². The number of aromatic nitrogens is 2. The molecule has 4 N–H and O–H groups in total. The maximum absolute atomic E-state index is 11.6. The first-order valence-electron chi connectivity index (χ1n) is 4.47. The number of nitrogens with two attached hydrogens (primary N) is 1. The SMILES string of the molecule is Nc1cn[nH]c1C(=O)Oc1cccc(O)c1. The quantitative estimate of drug-likeness (QED) is 0.515. The minimum absolute atomic E-state index is 0.0166. The zero-order valence-corrected chi connectivity index (χ0v) is 8.18. The summed E-state index contributed by atoms with van der Waals surface area (Å²) in [6, 6.07) is 5.91. The van der Waals surface area contributed by atoms with E-state index in [0.717, 1.165) is 0 Å². The van der Waals surface area contributed by atoms with Gasteiger partial charge in [0.2, 0.25) is 0 Å². The molecule has 0 aliphatic rings. The van der Waals surface area contributed by atoms with Gasteiger partial charge >= 0.3 is 5.97 Å². The third kappa shape index (κ3) is 1.95. The number of phenolic OH excluding ortho intramolecular Hbond substituents is 1. The van der Waals surface area contributed by atoms with Crippen LogP contribution in [0.2, 0.25) is 0 Å². The van der Waals surface area contributed by atoms with Crippen LogP contribution in [0.3, 0.4) is 0 Å². The number of nitrogen functional groups attached to an aromatic ring is 1. The second kappa shape index (κ2) is 3.93. The van der Waals surface area contributed by atoms with Gasteiger partial charge in [0.05, 0.1) is 11.9 Å². The van der Waals surface area contributed by atoms with Gasteiger partial charge in [-0.1, -0.05) is 6.07 Å². The van der Waals surface area contributed by atoms with Crippen molar-refractivity contribution in [2.45, 2.75) is 0 Å². The number of hydrogen-bond acceptors (Lipinski definition) is 5. The molecule has 1 aromatic heterocycles. The van der Waals surface area contributed by atoms with Gasteiger partial charge in [0.1, 0.15) is 11.5 Å². The van der Waals surface area contributed by atoms with Gasteiger partial charge in [-0.25, -0.2) is 4.79 Å². The first-order valence-corrected chi connectivity index (χ1v) is 4.47. The van der Waals surface area contributed by atoms with Crippen molar-refractivity contribution in [1.82, 2.24) is 10.2 Å². The molecule has 0 amide bonds. The van der Waals surface area contributed by atoms with Crippen LogP contribution in [-0.4, -0.2) is 21.3 Å². The number of nitrogens with one attached hydrogen (secondary N) is 1. The third-order valence-electron chi connectivity index (χ3n) is 1.90. The highest BCUT2D eigenvalue weighted by Gasteiger charge is 2.14. The lowest BCUT2D eigenvalue weighted by atomic mass is 10.3. The summed E-state index contributed by atoms with van der Waals surface area (Å²) in [4.78, 5) is 11.6. The maximum Gasteiger partial charge on any atom is 0.363 e. The predicted octanol–water partition coefficient (Wildman–Crippen LogP) is 0.917. The summed E-state index contributed by atoms with van der Waals surface area (Å²) in [5, 5.41) is 15.2. The smallest absolute Gasteiger partial charge is 0.363 e. The molecule has 2 aromatic rings. The van der Waals surface area contributed by atoms with Crippen LogP contribution in [0.15, 0.2) is 30.5 Å². The highest BCUT2D eigenvalue weighted by molar-refractivity contribution is 5.94. The number of nitrogens with zero attached hydrogens (tertiary/aromatic N) is 1. The second-order valence-electron chi connectivity index (χ2n) is 3.09. The highest BCUT2D eigenvalue weighted by atomic mass is 16.5. The molecule has 0 unspecified atom stereocenters. The Balaban J connectivity index is 2.17. The largest absolute Gasteiger partial charge is 0.508 e. The van der Waals surface area contributed by atoms with E-state index in [0.29, 0.717) is 0 Å². The Kier molecular flexibility index (Phi) is 2.47. The average molecular weight is 219 g/mol. The average Bonchev–Trinajstić information content (AvgIpc) is 2.64. The van der Waals surface area contributed by atoms with Gasteiger partial charge in [-0.2, -0.15) is 5.10 Å². The third-order valence-corrected chi connectivity index (χ3v) is 1.90. The van der Waals surface area contributed by atoms with E-state index >= 15 is 0 Å². The number of aromatic amines is 1. The van der Waals surface area contributed by atoms with Gasteiger partial charge in [-0.3, -0.25) is 5.10 Å². The molecule has 2 rings (SSSR count). The molecule has 0 radical (unpaired) electrons. The molecule has 1 heterocycles. The van der Waals surface area contributed by atoms with Crippen LogP contribution in [0.4, 0.5) is 5.69 Å². The lowest BCUT2D eigenvalue weighted by molar-refractivity contribution is 0.0729. The van der Waals surface area contributed by atoms with Gasteiger partial charge in [-0.15, -0.1) is 0 Å². The van der Waals surface area contributed by atoms with Crippen LogP contribution < -0.4 is 10.5 Å². The normalized spacial score (nSPS) is 10.0. The number of esters is 1. The lowest BCUT2D eigenvalue weighted by Gasteiger charge is -2.03. The van der Waals surface area contributed by atoms with Crippen LogP contribution in [0.25, 0.3) is 0 Å². The van der Waals surface area contributed by atoms with Crippen LogP contribution in [0, 0.1) is 0 Å². The number of anilines is 1. The number of H-pyrrole nitrogens is 1. The Bertz CT molecular complexity index is 522. The van der Waals surface area contributed by atoms with E-state index < -0.39 is 5.97 Å². The minimum atomic E-state index is -0.652. The summed E-state index contributed by atoms with van der Waals surface area (Å²) >= 11 is 0. The highest BCUT2D eigenvalue weighted by Crippen LogP contribution is 2.19. The van der Waals surface area contributed by atoms with Crippen molar-refractivity contribution < 1.29 is 14.6 Å². The van der Waals surface area contributed by atoms with E-state index in [2.05, 4.69) is 10.2 Å². The summed E-state index contributed by atoms with van der Waals surface area (Å²) < 4.78 is 4.97. The fraction of sp³-hybridized carbons (Fsp3) is 0. The molecule has 82 valence electrons. The summed E-state index contributed by atoms with van der Waals surface area (Å²) in [5.74, 6) is -0.400. The van der Waals surface area contributed by atoms with Crippen molar-refractivity contribution >= 4 is 11.7 Å². The monoisotopic (exact) mass is 219 g/mol. The van der Waals surface area contributed by atoms with Crippen LogP contribution in [0.5, 0.6) is 11.5 Å². The number of ether oxygens (including phenoxy) is 1. The van der Waals surface area contributed by atoms with Gasteiger partial charge in [-0.05, 0) is 12.1 Å². The van der Waals surface area contributed by atoms with Crippen molar-refractivity contribution in [3.05, 3.63) is 36.2 Å². The van der Waals surface area contributed by atoms with E-state index in [1.165, 1.54) is 18.3 Å². The minimum Gasteiger partial charge on any atom is -0.508 e. The molecule has 0 fully saturated rings. The molecule has 0 spiro atoms. The van der Waals surface area contributed by atoms with Gasteiger partial charge < -0.3 is 15.6 Å². The Labute approximate surface area is 90.7 Å². The first-order chi connectivity index (χ1) is 7.66. The fourth-order valence-electron chi connectivity index (χ4n) is 1.16. The number of aromatic hydroxyl groups is 1. The number of hydrogen-bond donors (Lipinski definition) is 3. The Morgan fingerprint density at radius 3 is 2.94 bits per heavy atom. The number of carbonyl (C=O) groups is 1. The molecule has 1 aromatic carbocycles. The molecular weight excluding hydrogens is 210 g/mol. The van der Waals surface area contributed by atoms with E-state index in [1.54, 1.807) is 12.1 Å². The molecule has 0 saturated heterocycles. The molecule has 0 aliphatic heterocycles. The molecule has 6 heteroatoms. The topological polar surface area (TPSA) is 101 Å². The summed E-state index contributed by atoms with van der Waals surface area (Å²) in [6.07, 6.45) is 1.32. The summed E-state index contributed by atoms with van der Waals surface area (Å²) in [6.45, 7) is 0. The lowest BCUT2D eigenvalue weighted by Crippen LogP contribution is -2.11. The molecule has 0 bridgehead atoms. The number of benzene rings is 1. The Hall–Kier alpha value is -2.50. The number of phenols is 1. The van der Waals surface area contributed by atoms with Gasteiger partial charge in [0.15, 0.2) is 5.69 Å². The number of rotatable bonds is 2. The maximum atomic E-state index is 11.6. The number of carbonyl (C=O) groups excluding carboxylic acids is 1. The van der Waals surface area contributed by atoms with Crippen molar-refractivity contribution in [2.24, 2.45) is 0 Å². The van der Waals surface area contributed by atoms with Gasteiger partial charge in [0.25, 0.3) is 0 Å². The van der Waals surface area contributed by atoms with E-state index in [9.17, 15) is 9.90 Å². The molecule has 0 atom stereocenters. The van der Waals surface area contributed by atoms with Crippen molar-refractivity contribution in [3.63, 3.8) is 0 Å². The van der Waals surface area contributed by atoms with Crippen LogP contribution >= 0.6 is 0 Å². The zero-order chi connectivity index (χ0) is 11.5.